The Morgan fingerprint density at radius 1 is 1.26 bits per heavy atom. The van der Waals surface area contributed by atoms with Crippen LogP contribution in [0.3, 0.4) is 0 Å². The summed E-state index contributed by atoms with van der Waals surface area (Å²) in [7, 11) is 0. The summed E-state index contributed by atoms with van der Waals surface area (Å²) in [6.07, 6.45) is 0. The lowest BCUT2D eigenvalue weighted by Crippen LogP contribution is -2.34. The van der Waals surface area contributed by atoms with Crippen LogP contribution >= 0.6 is 11.6 Å². The maximum absolute atomic E-state index is 11.6. The minimum Gasteiger partial charge on any atom is -0.361 e. The molecule has 0 unspecified atom stereocenters. The van der Waals surface area contributed by atoms with Crippen LogP contribution in [0.25, 0.3) is 0 Å². The Morgan fingerprint density at radius 3 is 2.58 bits per heavy atom. The third-order valence-corrected chi connectivity index (χ3v) is 2.73. The van der Waals surface area contributed by atoms with Crippen LogP contribution < -0.4 is 10.6 Å². The van der Waals surface area contributed by atoms with Crippen LogP contribution in [-0.4, -0.2) is 11.2 Å². The van der Waals surface area contributed by atoms with Crippen molar-refractivity contribution in [3.8, 4) is 0 Å². The van der Waals surface area contributed by atoms with Gasteiger partial charge in [0.05, 0.1) is 6.54 Å². The molecule has 2 N–H and O–H groups in total. The van der Waals surface area contributed by atoms with Gasteiger partial charge in [-0.1, -0.05) is 28.9 Å². The summed E-state index contributed by atoms with van der Waals surface area (Å²) in [5, 5.41) is 9.90. The first kappa shape index (κ1) is 13.4. The monoisotopic (exact) mass is 279 g/mol. The van der Waals surface area contributed by atoms with Gasteiger partial charge in [0.25, 0.3) is 0 Å². The summed E-state index contributed by atoms with van der Waals surface area (Å²) in [5.41, 5.74) is 1.68. The number of urea groups is 1. The van der Waals surface area contributed by atoms with Crippen molar-refractivity contribution in [1.29, 1.82) is 0 Å². The van der Waals surface area contributed by atoms with Gasteiger partial charge in [-0.05, 0) is 24.6 Å². The number of hydrogen-bond acceptors (Lipinski definition) is 3. The molecule has 6 heteroatoms. The summed E-state index contributed by atoms with van der Waals surface area (Å²) in [6, 6.07) is 8.83. The van der Waals surface area contributed by atoms with Gasteiger partial charge in [0.2, 0.25) is 0 Å². The number of carbonyl (C=O) groups is 1. The van der Waals surface area contributed by atoms with Crippen molar-refractivity contribution in [1.82, 2.24) is 15.8 Å². The fraction of sp³-hybridized carbons (Fsp3) is 0.231. The highest BCUT2D eigenvalue weighted by Gasteiger charge is 2.03. The number of aromatic nitrogens is 1. The molecule has 100 valence electrons. The molecule has 2 aromatic rings. The van der Waals surface area contributed by atoms with E-state index >= 15 is 0 Å². The topological polar surface area (TPSA) is 67.2 Å². The van der Waals surface area contributed by atoms with E-state index in [-0.39, 0.29) is 6.03 Å². The first-order chi connectivity index (χ1) is 9.13. The van der Waals surface area contributed by atoms with E-state index < -0.39 is 0 Å². The summed E-state index contributed by atoms with van der Waals surface area (Å²) in [6.45, 7) is 2.59. The Bertz CT molecular complexity index is 551. The Labute approximate surface area is 115 Å². The molecular formula is C13H14ClN3O2. The van der Waals surface area contributed by atoms with Gasteiger partial charge in [0.1, 0.15) is 11.5 Å². The van der Waals surface area contributed by atoms with Crippen LogP contribution in [0.15, 0.2) is 34.9 Å². The molecule has 0 saturated carbocycles. The number of aryl methyl sites for hydroxylation is 1. The molecule has 0 fully saturated rings. The molecule has 0 atom stereocenters. The molecule has 0 radical (unpaired) electrons. The van der Waals surface area contributed by atoms with E-state index in [4.69, 9.17) is 16.1 Å². The van der Waals surface area contributed by atoms with Gasteiger partial charge in [-0.2, -0.15) is 0 Å². The molecule has 19 heavy (non-hydrogen) atoms. The number of carbonyl (C=O) groups excluding carboxylic acids is 1. The van der Waals surface area contributed by atoms with E-state index in [0.29, 0.717) is 23.8 Å². The third-order valence-electron chi connectivity index (χ3n) is 2.47. The summed E-state index contributed by atoms with van der Waals surface area (Å²) in [5.74, 6) is 0.721. The predicted octanol–water partition coefficient (Wildman–Crippen LogP) is 2.64. The van der Waals surface area contributed by atoms with E-state index in [0.717, 1.165) is 11.3 Å². The molecule has 0 saturated heterocycles. The van der Waals surface area contributed by atoms with E-state index in [1.165, 1.54) is 0 Å². The van der Waals surface area contributed by atoms with Crippen molar-refractivity contribution in [3.63, 3.8) is 0 Å². The van der Waals surface area contributed by atoms with Gasteiger partial charge in [-0.25, -0.2) is 4.79 Å². The zero-order valence-electron chi connectivity index (χ0n) is 10.4. The highest BCUT2D eigenvalue weighted by atomic mass is 35.5. The highest BCUT2D eigenvalue weighted by molar-refractivity contribution is 6.30. The SMILES string of the molecule is Cc1cc(CNC(=O)NCc2ccc(Cl)cc2)no1. The molecule has 0 bridgehead atoms. The van der Waals surface area contributed by atoms with Crippen molar-refractivity contribution in [3.05, 3.63) is 52.4 Å². The summed E-state index contributed by atoms with van der Waals surface area (Å²) >= 11 is 5.78. The first-order valence-electron chi connectivity index (χ1n) is 5.82. The van der Waals surface area contributed by atoms with Crippen LogP contribution in [0.4, 0.5) is 4.79 Å². The molecule has 2 rings (SSSR count). The number of hydrogen-bond donors (Lipinski definition) is 2. The summed E-state index contributed by atoms with van der Waals surface area (Å²) < 4.78 is 4.90. The lowest BCUT2D eigenvalue weighted by Gasteiger charge is -2.06. The van der Waals surface area contributed by atoms with Crippen LogP contribution in [0.5, 0.6) is 0 Å². The molecule has 0 spiro atoms. The zero-order chi connectivity index (χ0) is 13.7. The van der Waals surface area contributed by atoms with E-state index in [9.17, 15) is 4.79 Å². The van der Waals surface area contributed by atoms with Crippen molar-refractivity contribution in [2.75, 3.05) is 0 Å². The average molecular weight is 280 g/mol. The first-order valence-corrected chi connectivity index (χ1v) is 6.19. The smallest absolute Gasteiger partial charge is 0.315 e. The third kappa shape index (κ3) is 4.30. The molecule has 1 heterocycles. The number of halogens is 1. The molecule has 2 amide bonds. The maximum Gasteiger partial charge on any atom is 0.315 e. The number of nitrogens with zero attached hydrogens (tertiary/aromatic N) is 1. The second-order valence-corrected chi connectivity index (χ2v) is 4.53. The minimum absolute atomic E-state index is 0.254. The van der Waals surface area contributed by atoms with Crippen LogP contribution in [-0.2, 0) is 13.1 Å². The van der Waals surface area contributed by atoms with Crippen LogP contribution in [0, 0.1) is 6.92 Å². The minimum atomic E-state index is -0.254. The zero-order valence-corrected chi connectivity index (χ0v) is 11.2. The number of benzene rings is 1. The normalized spacial score (nSPS) is 10.2. The highest BCUT2D eigenvalue weighted by Crippen LogP contribution is 2.09. The fourth-order valence-corrected chi connectivity index (χ4v) is 1.65. The van der Waals surface area contributed by atoms with Gasteiger partial charge in [-0.15, -0.1) is 0 Å². The number of rotatable bonds is 4. The average Bonchev–Trinajstić information content (AvgIpc) is 2.81. The molecule has 1 aromatic carbocycles. The van der Waals surface area contributed by atoms with Crippen molar-refractivity contribution in [2.24, 2.45) is 0 Å². The van der Waals surface area contributed by atoms with Crippen molar-refractivity contribution < 1.29 is 9.32 Å². The lowest BCUT2D eigenvalue weighted by atomic mass is 10.2. The Kier molecular flexibility index (Phi) is 4.41. The standard InChI is InChI=1S/C13H14ClN3O2/c1-9-6-12(17-19-9)8-16-13(18)15-7-10-2-4-11(14)5-3-10/h2-6H,7-8H2,1H3,(H2,15,16,18). The van der Waals surface area contributed by atoms with Crippen molar-refractivity contribution >= 4 is 17.6 Å². The van der Waals surface area contributed by atoms with E-state index in [1.54, 1.807) is 25.1 Å². The summed E-state index contributed by atoms with van der Waals surface area (Å²) in [4.78, 5) is 11.6. The van der Waals surface area contributed by atoms with E-state index in [1.807, 2.05) is 12.1 Å². The van der Waals surface area contributed by atoms with E-state index in [2.05, 4.69) is 15.8 Å². The lowest BCUT2D eigenvalue weighted by molar-refractivity contribution is 0.240. The molecule has 1 aromatic heterocycles. The van der Waals surface area contributed by atoms with Crippen molar-refractivity contribution in [2.45, 2.75) is 20.0 Å². The molecular weight excluding hydrogens is 266 g/mol. The largest absolute Gasteiger partial charge is 0.361 e. The number of amides is 2. The second-order valence-electron chi connectivity index (χ2n) is 4.09. The molecule has 0 aliphatic rings. The van der Waals surface area contributed by atoms with Crippen LogP contribution in [0.1, 0.15) is 17.0 Å². The van der Waals surface area contributed by atoms with Gasteiger partial charge in [0.15, 0.2) is 0 Å². The van der Waals surface area contributed by atoms with Gasteiger partial charge in [-0.3, -0.25) is 0 Å². The fourth-order valence-electron chi connectivity index (χ4n) is 1.52. The molecule has 0 aliphatic carbocycles. The molecule has 5 nitrogen and oxygen atoms in total. The Balaban J connectivity index is 1.74. The van der Waals surface area contributed by atoms with Gasteiger partial charge in [0, 0.05) is 17.6 Å². The second kappa shape index (κ2) is 6.24. The van der Waals surface area contributed by atoms with Gasteiger partial charge < -0.3 is 15.2 Å². The van der Waals surface area contributed by atoms with Crippen LogP contribution in [0.2, 0.25) is 5.02 Å². The molecule has 0 aliphatic heterocycles. The number of nitrogens with one attached hydrogen (secondary N) is 2. The Morgan fingerprint density at radius 2 is 1.95 bits per heavy atom. The maximum atomic E-state index is 11.6. The van der Waals surface area contributed by atoms with Gasteiger partial charge >= 0.3 is 6.03 Å². The predicted molar refractivity (Wildman–Crippen MR) is 71.8 cm³/mol. The quantitative estimate of drug-likeness (QED) is 0.904. The Hall–Kier alpha value is -2.01.